The fraction of sp³-hybridized carbons (Fsp3) is 0.706. The Morgan fingerprint density at radius 1 is 1.43 bits per heavy atom. The summed E-state index contributed by atoms with van der Waals surface area (Å²) in [4.78, 5) is 7.05. The molecule has 1 fully saturated rings. The van der Waals surface area contributed by atoms with E-state index in [1.807, 2.05) is 13.3 Å². The molecule has 0 spiro atoms. The molecule has 21 heavy (non-hydrogen) atoms. The van der Waals surface area contributed by atoms with Crippen LogP contribution in [0.15, 0.2) is 18.3 Å². The van der Waals surface area contributed by atoms with E-state index in [0.29, 0.717) is 0 Å². The van der Waals surface area contributed by atoms with E-state index in [0.717, 1.165) is 44.8 Å². The molecule has 0 aliphatic carbocycles. The van der Waals surface area contributed by atoms with Crippen LogP contribution in [-0.2, 0) is 17.8 Å². The molecule has 1 N–H and O–H groups in total. The SMILES string of the molecule is CCCNCc1ccc(CN2CCCC(C)(OC)C2)nc1. The van der Waals surface area contributed by atoms with Crippen LogP contribution in [0.4, 0.5) is 0 Å². The van der Waals surface area contributed by atoms with Gasteiger partial charge in [-0.2, -0.15) is 0 Å². The van der Waals surface area contributed by atoms with Crippen molar-refractivity contribution < 1.29 is 4.74 Å². The van der Waals surface area contributed by atoms with Gasteiger partial charge in [-0.25, -0.2) is 0 Å². The number of pyridine rings is 1. The molecule has 0 saturated carbocycles. The van der Waals surface area contributed by atoms with E-state index in [1.54, 1.807) is 0 Å². The van der Waals surface area contributed by atoms with Crippen molar-refractivity contribution in [3.63, 3.8) is 0 Å². The summed E-state index contributed by atoms with van der Waals surface area (Å²) in [6.07, 6.45) is 5.51. The maximum Gasteiger partial charge on any atom is 0.0777 e. The van der Waals surface area contributed by atoms with Gasteiger partial charge in [-0.05, 0) is 50.9 Å². The van der Waals surface area contributed by atoms with Gasteiger partial charge in [0.15, 0.2) is 0 Å². The number of piperidine rings is 1. The molecule has 2 heterocycles. The minimum Gasteiger partial charge on any atom is -0.377 e. The van der Waals surface area contributed by atoms with E-state index in [9.17, 15) is 0 Å². The van der Waals surface area contributed by atoms with Crippen LogP contribution >= 0.6 is 0 Å². The lowest BCUT2D eigenvalue weighted by Crippen LogP contribution is -2.46. The second-order valence-electron chi connectivity index (χ2n) is 6.30. The third-order valence-corrected chi connectivity index (χ3v) is 4.26. The van der Waals surface area contributed by atoms with E-state index >= 15 is 0 Å². The summed E-state index contributed by atoms with van der Waals surface area (Å²) >= 11 is 0. The highest BCUT2D eigenvalue weighted by Gasteiger charge is 2.30. The molecular formula is C17H29N3O. The molecule has 0 radical (unpaired) electrons. The molecule has 118 valence electrons. The summed E-state index contributed by atoms with van der Waals surface area (Å²) in [5, 5.41) is 3.40. The Balaban J connectivity index is 1.85. The zero-order chi connectivity index (χ0) is 15.1. The van der Waals surface area contributed by atoms with Crippen molar-refractivity contribution in [1.29, 1.82) is 0 Å². The molecule has 4 heteroatoms. The Labute approximate surface area is 128 Å². The molecule has 0 amide bonds. The summed E-state index contributed by atoms with van der Waals surface area (Å²) in [5.41, 5.74) is 2.41. The number of likely N-dealkylation sites (tertiary alicyclic amines) is 1. The first-order valence-corrected chi connectivity index (χ1v) is 8.07. The molecule has 1 unspecified atom stereocenters. The van der Waals surface area contributed by atoms with Crippen LogP contribution in [0.3, 0.4) is 0 Å². The van der Waals surface area contributed by atoms with Crippen molar-refractivity contribution >= 4 is 0 Å². The van der Waals surface area contributed by atoms with Gasteiger partial charge in [0.2, 0.25) is 0 Å². The van der Waals surface area contributed by atoms with Crippen molar-refractivity contribution in [3.8, 4) is 0 Å². The van der Waals surface area contributed by atoms with Crippen LogP contribution in [0.1, 0.15) is 44.4 Å². The quantitative estimate of drug-likeness (QED) is 0.784. The normalized spacial score (nSPS) is 23.4. The van der Waals surface area contributed by atoms with E-state index in [1.165, 1.54) is 18.4 Å². The number of nitrogens with one attached hydrogen (secondary N) is 1. The molecular weight excluding hydrogens is 262 g/mol. The number of ether oxygens (including phenoxy) is 1. The monoisotopic (exact) mass is 291 g/mol. The van der Waals surface area contributed by atoms with Crippen LogP contribution in [0, 0.1) is 0 Å². The lowest BCUT2D eigenvalue weighted by molar-refractivity contribution is -0.0529. The van der Waals surface area contributed by atoms with Crippen LogP contribution in [0.25, 0.3) is 0 Å². The van der Waals surface area contributed by atoms with E-state index in [-0.39, 0.29) is 5.60 Å². The van der Waals surface area contributed by atoms with E-state index < -0.39 is 0 Å². The second kappa shape index (κ2) is 7.87. The van der Waals surface area contributed by atoms with Gasteiger partial charge in [-0.1, -0.05) is 13.0 Å². The first kappa shape index (κ1) is 16.4. The third-order valence-electron chi connectivity index (χ3n) is 4.26. The molecule has 2 rings (SSSR count). The van der Waals surface area contributed by atoms with Crippen LogP contribution in [0.5, 0.6) is 0 Å². The molecule has 1 aliphatic rings. The lowest BCUT2D eigenvalue weighted by atomic mass is 9.94. The molecule has 1 aromatic rings. The Hall–Kier alpha value is -0.970. The number of aromatic nitrogens is 1. The molecule has 1 aromatic heterocycles. The zero-order valence-electron chi connectivity index (χ0n) is 13.7. The fourth-order valence-corrected chi connectivity index (χ4v) is 2.90. The number of rotatable bonds is 7. The predicted molar refractivity (Wildman–Crippen MR) is 86.2 cm³/mol. The summed E-state index contributed by atoms with van der Waals surface area (Å²) in [6.45, 7) is 9.40. The molecule has 0 bridgehead atoms. The number of hydrogen-bond donors (Lipinski definition) is 1. The number of nitrogens with zero attached hydrogens (tertiary/aromatic N) is 2. The third kappa shape index (κ3) is 5.06. The second-order valence-corrected chi connectivity index (χ2v) is 6.30. The maximum atomic E-state index is 5.65. The Morgan fingerprint density at radius 2 is 2.29 bits per heavy atom. The number of hydrogen-bond acceptors (Lipinski definition) is 4. The van der Waals surface area contributed by atoms with Crippen LogP contribution < -0.4 is 5.32 Å². The van der Waals surface area contributed by atoms with Crippen molar-refractivity contribution in [2.75, 3.05) is 26.7 Å². The largest absolute Gasteiger partial charge is 0.377 e. The highest BCUT2D eigenvalue weighted by molar-refractivity contribution is 5.14. The topological polar surface area (TPSA) is 37.4 Å². The van der Waals surface area contributed by atoms with Crippen molar-refractivity contribution in [2.45, 2.75) is 51.8 Å². The van der Waals surface area contributed by atoms with E-state index in [4.69, 9.17) is 4.74 Å². The average molecular weight is 291 g/mol. The summed E-state index contributed by atoms with van der Waals surface area (Å²) in [5.74, 6) is 0. The predicted octanol–water partition coefficient (Wildman–Crippen LogP) is 2.58. The van der Waals surface area contributed by atoms with Crippen molar-refractivity contribution in [3.05, 3.63) is 29.6 Å². The lowest BCUT2D eigenvalue weighted by Gasteiger charge is -2.39. The standard InChI is InChI=1S/C17H29N3O/c1-4-9-18-11-15-6-7-16(19-12-15)13-20-10-5-8-17(2,14-20)21-3/h6-7,12,18H,4-5,8-11,13-14H2,1-3H3. The molecule has 1 atom stereocenters. The average Bonchev–Trinajstić information content (AvgIpc) is 2.49. The Morgan fingerprint density at radius 3 is 2.95 bits per heavy atom. The van der Waals surface area contributed by atoms with Crippen LogP contribution in [0.2, 0.25) is 0 Å². The minimum absolute atomic E-state index is 0.00225. The van der Waals surface area contributed by atoms with Gasteiger partial charge in [-0.3, -0.25) is 9.88 Å². The maximum absolute atomic E-state index is 5.65. The van der Waals surface area contributed by atoms with Crippen LogP contribution in [-0.4, -0.2) is 42.2 Å². The van der Waals surface area contributed by atoms with Crippen molar-refractivity contribution in [2.24, 2.45) is 0 Å². The summed E-state index contributed by atoms with van der Waals surface area (Å²) < 4.78 is 5.65. The van der Waals surface area contributed by atoms with Gasteiger partial charge in [0.1, 0.15) is 0 Å². The zero-order valence-corrected chi connectivity index (χ0v) is 13.7. The summed E-state index contributed by atoms with van der Waals surface area (Å²) in [7, 11) is 1.82. The number of methoxy groups -OCH3 is 1. The van der Waals surface area contributed by atoms with Gasteiger partial charge < -0.3 is 10.1 Å². The fourth-order valence-electron chi connectivity index (χ4n) is 2.90. The molecule has 4 nitrogen and oxygen atoms in total. The highest BCUT2D eigenvalue weighted by atomic mass is 16.5. The van der Waals surface area contributed by atoms with Gasteiger partial charge in [-0.15, -0.1) is 0 Å². The first-order valence-electron chi connectivity index (χ1n) is 8.07. The smallest absolute Gasteiger partial charge is 0.0777 e. The summed E-state index contributed by atoms with van der Waals surface area (Å²) in [6, 6.07) is 4.34. The Kier molecular flexibility index (Phi) is 6.15. The van der Waals surface area contributed by atoms with Gasteiger partial charge in [0.05, 0.1) is 11.3 Å². The highest BCUT2D eigenvalue weighted by Crippen LogP contribution is 2.24. The molecule has 1 saturated heterocycles. The van der Waals surface area contributed by atoms with E-state index in [2.05, 4.69) is 41.2 Å². The Bertz CT molecular complexity index is 421. The minimum atomic E-state index is 0.00225. The molecule has 0 aromatic carbocycles. The molecule has 1 aliphatic heterocycles. The van der Waals surface area contributed by atoms with Gasteiger partial charge in [0, 0.05) is 32.9 Å². The first-order chi connectivity index (χ1) is 10.1. The van der Waals surface area contributed by atoms with Gasteiger partial charge in [0.25, 0.3) is 0 Å². The van der Waals surface area contributed by atoms with Crippen molar-refractivity contribution in [1.82, 2.24) is 15.2 Å². The van der Waals surface area contributed by atoms with Gasteiger partial charge >= 0.3 is 0 Å².